The van der Waals surface area contributed by atoms with Gasteiger partial charge in [-0.1, -0.05) is 36.4 Å². The maximum Gasteiger partial charge on any atom is 0.176 e. The third-order valence-corrected chi connectivity index (χ3v) is 4.10. The molecule has 0 spiro atoms. The SMILES string of the molecule is Cc1ccc(C(=O)CN2Cc3ccccc3C2)cc1C. The van der Waals surface area contributed by atoms with E-state index >= 15 is 0 Å². The Balaban J connectivity index is 1.70. The first-order valence-electron chi connectivity index (χ1n) is 7.03. The maximum absolute atomic E-state index is 12.4. The Morgan fingerprint density at radius 3 is 2.25 bits per heavy atom. The molecule has 0 atom stereocenters. The molecule has 2 aromatic rings. The Morgan fingerprint density at radius 1 is 1.00 bits per heavy atom. The molecule has 0 N–H and O–H groups in total. The molecule has 0 amide bonds. The Bertz CT molecular complexity index is 635. The van der Waals surface area contributed by atoms with Crippen molar-refractivity contribution in [2.45, 2.75) is 26.9 Å². The highest BCUT2D eigenvalue weighted by atomic mass is 16.1. The summed E-state index contributed by atoms with van der Waals surface area (Å²) in [5.74, 6) is 0.209. The van der Waals surface area contributed by atoms with Crippen LogP contribution in [0.25, 0.3) is 0 Å². The summed E-state index contributed by atoms with van der Waals surface area (Å²) >= 11 is 0. The summed E-state index contributed by atoms with van der Waals surface area (Å²) < 4.78 is 0. The molecule has 102 valence electrons. The number of carbonyl (C=O) groups is 1. The molecule has 1 heterocycles. The summed E-state index contributed by atoms with van der Waals surface area (Å²) in [7, 11) is 0. The summed E-state index contributed by atoms with van der Waals surface area (Å²) in [6.45, 7) is 6.38. The summed E-state index contributed by atoms with van der Waals surface area (Å²) in [4.78, 5) is 14.6. The summed E-state index contributed by atoms with van der Waals surface area (Å²) in [5.41, 5.74) is 5.93. The third-order valence-electron chi connectivity index (χ3n) is 4.10. The zero-order valence-corrected chi connectivity index (χ0v) is 12.0. The molecule has 3 rings (SSSR count). The second-order valence-electron chi connectivity index (χ2n) is 5.64. The molecule has 0 aromatic heterocycles. The van der Waals surface area contributed by atoms with E-state index in [0.29, 0.717) is 6.54 Å². The average Bonchev–Trinajstić information content (AvgIpc) is 2.83. The van der Waals surface area contributed by atoms with Gasteiger partial charge in [-0.05, 0) is 42.2 Å². The number of aryl methyl sites for hydroxylation is 2. The molecule has 0 radical (unpaired) electrons. The summed E-state index contributed by atoms with van der Waals surface area (Å²) in [6, 6.07) is 14.4. The van der Waals surface area contributed by atoms with Crippen LogP contribution in [0.5, 0.6) is 0 Å². The van der Waals surface area contributed by atoms with E-state index in [4.69, 9.17) is 0 Å². The lowest BCUT2D eigenvalue weighted by Crippen LogP contribution is -2.24. The van der Waals surface area contributed by atoms with E-state index in [1.54, 1.807) is 0 Å². The standard InChI is InChI=1S/C18H19NO/c1-13-7-8-15(9-14(13)2)18(20)12-19-10-16-5-3-4-6-17(16)11-19/h3-9H,10-12H2,1-2H3. The van der Waals surface area contributed by atoms with Gasteiger partial charge in [0.05, 0.1) is 6.54 Å². The van der Waals surface area contributed by atoms with Gasteiger partial charge in [0.1, 0.15) is 0 Å². The molecule has 0 fully saturated rings. The Labute approximate surface area is 120 Å². The van der Waals surface area contributed by atoms with Gasteiger partial charge in [0.15, 0.2) is 5.78 Å². The summed E-state index contributed by atoms with van der Waals surface area (Å²) in [5, 5.41) is 0. The Hall–Kier alpha value is -1.93. The average molecular weight is 265 g/mol. The molecule has 0 unspecified atom stereocenters. The van der Waals surface area contributed by atoms with E-state index in [2.05, 4.69) is 43.0 Å². The highest BCUT2D eigenvalue weighted by Crippen LogP contribution is 2.22. The number of nitrogens with zero attached hydrogens (tertiary/aromatic N) is 1. The van der Waals surface area contributed by atoms with Gasteiger partial charge in [0.2, 0.25) is 0 Å². The van der Waals surface area contributed by atoms with Crippen LogP contribution < -0.4 is 0 Å². The lowest BCUT2D eigenvalue weighted by atomic mass is 10.0. The van der Waals surface area contributed by atoms with Crippen molar-refractivity contribution in [3.63, 3.8) is 0 Å². The van der Waals surface area contributed by atoms with Gasteiger partial charge >= 0.3 is 0 Å². The van der Waals surface area contributed by atoms with Crippen LogP contribution in [0.1, 0.15) is 32.6 Å². The fraction of sp³-hybridized carbons (Fsp3) is 0.278. The van der Waals surface area contributed by atoms with Gasteiger partial charge in [0, 0.05) is 18.7 Å². The van der Waals surface area contributed by atoms with Crippen LogP contribution >= 0.6 is 0 Å². The fourth-order valence-electron chi connectivity index (χ4n) is 2.72. The van der Waals surface area contributed by atoms with Crippen molar-refractivity contribution >= 4 is 5.78 Å². The molecule has 20 heavy (non-hydrogen) atoms. The first kappa shape index (κ1) is 13.1. The molecule has 0 saturated carbocycles. The minimum Gasteiger partial charge on any atom is -0.293 e. The normalized spacial score (nSPS) is 14.3. The smallest absolute Gasteiger partial charge is 0.176 e. The highest BCUT2D eigenvalue weighted by Gasteiger charge is 2.20. The second kappa shape index (κ2) is 5.22. The van der Waals surface area contributed by atoms with E-state index in [-0.39, 0.29) is 5.78 Å². The number of fused-ring (bicyclic) bond motifs is 1. The molecular weight excluding hydrogens is 246 g/mol. The molecule has 0 bridgehead atoms. The number of benzene rings is 2. The number of rotatable bonds is 3. The van der Waals surface area contributed by atoms with Crippen molar-refractivity contribution in [3.05, 3.63) is 70.3 Å². The molecule has 0 aliphatic carbocycles. The molecule has 1 aliphatic heterocycles. The number of carbonyl (C=O) groups excluding carboxylic acids is 1. The predicted octanol–water partition coefficient (Wildman–Crippen LogP) is 3.50. The number of hydrogen-bond acceptors (Lipinski definition) is 2. The van der Waals surface area contributed by atoms with E-state index < -0.39 is 0 Å². The molecule has 2 aromatic carbocycles. The van der Waals surface area contributed by atoms with Crippen molar-refractivity contribution in [2.24, 2.45) is 0 Å². The Kier molecular flexibility index (Phi) is 3.41. The van der Waals surface area contributed by atoms with Crippen molar-refractivity contribution in [2.75, 3.05) is 6.54 Å². The van der Waals surface area contributed by atoms with Crippen LogP contribution in [0.4, 0.5) is 0 Å². The second-order valence-corrected chi connectivity index (χ2v) is 5.64. The minimum absolute atomic E-state index is 0.209. The van der Waals surface area contributed by atoms with E-state index in [9.17, 15) is 4.79 Å². The van der Waals surface area contributed by atoms with Crippen molar-refractivity contribution in [1.82, 2.24) is 4.90 Å². The molecular formula is C18H19NO. The Morgan fingerprint density at radius 2 is 1.65 bits per heavy atom. The first-order valence-corrected chi connectivity index (χ1v) is 7.03. The van der Waals surface area contributed by atoms with Crippen LogP contribution in [0.3, 0.4) is 0 Å². The zero-order chi connectivity index (χ0) is 14.1. The number of Topliss-reactive ketones (excluding diaryl/α,β-unsaturated/α-hetero) is 1. The highest BCUT2D eigenvalue weighted by molar-refractivity contribution is 5.97. The number of hydrogen-bond donors (Lipinski definition) is 0. The summed E-state index contributed by atoms with van der Waals surface area (Å²) in [6.07, 6.45) is 0. The molecule has 2 nitrogen and oxygen atoms in total. The topological polar surface area (TPSA) is 20.3 Å². The predicted molar refractivity (Wildman–Crippen MR) is 80.8 cm³/mol. The van der Waals surface area contributed by atoms with Gasteiger partial charge in [-0.3, -0.25) is 9.69 Å². The van der Waals surface area contributed by atoms with Crippen LogP contribution in [0.2, 0.25) is 0 Å². The van der Waals surface area contributed by atoms with Gasteiger partial charge in [-0.2, -0.15) is 0 Å². The van der Waals surface area contributed by atoms with Gasteiger partial charge in [-0.15, -0.1) is 0 Å². The minimum atomic E-state index is 0.209. The molecule has 2 heteroatoms. The van der Waals surface area contributed by atoms with E-state index in [0.717, 1.165) is 18.7 Å². The van der Waals surface area contributed by atoms with E-state index in [1.165, 1.54) is 22.3 Å². The fourth-order valence-corrected chi connectivity index (χ4v) is 2.72. The van der Waals surface area contributed by atoms with Crippen molar-refractivity contribution in [1.29, 1.82) is 0 Å². The van der Waals surface area contributed by atoms with Crippen LogP contribution in [-0.4, -0.2) is 17.2 Å². The largest absolute Gasteiger partial charge is 0.293 e. The van der Waals surface area contributed by atoms with Gasteiger partial charge in [0.25, 0.3) is 0 Å². The quantitative estimate of drug-likeness (QED) is 0.792. The zero-order valence-electron chi connectivity index (χ0n) is 12.0. The maximum atomic E-state index is 12.4. The van der Waals surface area contributed by atoms with Crippen LogP contribution in [0, 0.1) is 13.8 Å². The van der Waals surface area contributed by atoms with E-state index in [1.807, 2.05) is 18.2 Å². The van der Waals surface area contributed by atoms with Crippen LogP contribution in [-0.2, 0) is 13.1 Å². The monoisotopic (exact) mass is 265 g/mol. The van der Waals surface area contributed by atoms with Gasteiger partial charge in [-0.25, -0.2) is 0 Å². The third kappa shape index (κ3) is 2.52. The lowest BCUT2D eigenvalue weighted by Gasteiger charge is -2.14. The molecule has 1 aliphatic rings. The first-order chi connectivity index (χ1) is 9.63. The van der Waals surface area contributed by atoms with Gasteiger partial charge < -0.3 is 0 Å². The van der Waals surface area contributed by atoms with Crippen LogP contribution in [0.15, 0.2) is 42.5 Å². The molecule has 0 saturated heterocycles. The number of ketones is 1. The van der Waals surface area contributed by atoms with Crippen molar-refractivity contribution < 1.29 is 4.79 Å². The van der Waals surface area contributed by atoms with Crippen molar-refractivity contribution in [3.8, 4) is 0 Å². The lowest BCUT2D eigenvalue weighted by molar-refractivity contribution is 0.0929.